The summed E-state index contributed by atoms with van der Waals surface area (Å²) in [5.74, 6) is -0.524. The van der Waals surface area contributed by atoms with Gasteiger partial charge in [-0.25, -0.2) is 0 Å². The number of rotatable bonds is 5. The maximum absolute atomic E-state index is 11.8. The summed E-state index contributed by atoms with van der Waals surface area (Å²) in [5.41, 5.74) is 2.91. The van der Waals surface area contributed by atoms with Crippen molar-refractivity contribution in [2.75, 3.05) is 20.2 Å². The Morgan fingerprint density at radius 2 is 2.04 bits per heavy atom. The summed E-state index contributed by atoms with van der Waals surface area (Å²) in [4.78, 5) is 18.4. The lowest BCUT2D eigenvalue weighted by Gasteiger charge is -2.18. The van der Waals surface area contributed by atoms with Crippen LogP contribution in [0, 0.1) is 12.8 Å². The molecule has 0 amide bonds. The van der Waals surface area contributed by atoms with Crippen LogP contribution in [0.2, 0.25) is 0 Å². The number of carboxylic acids is 1. The highest BCUT2D eigenvalue weighted by atomic mass is 16.5. The van der Waals surface area contributed by atoms with Gasteiger partial charge in [0.1, 0.15) is 5.75 Å². The Morgan fingerprint density at radius 1 is 1.25 bits per heavy atom. The summed E-state index contributed by atoms with van der Waals surface area (Å²) in [6, 6.07) is 13.6. The van der Waals surface area contributed by atoms with Crippen molar-refractivity contribution in [2.45, 2.75) is 19.4 Å². The van der Waals surface area contributed by atoms with E-state index in [4.69, 9.17) is 4.74 Å². The number of hydrogen-bond donors (Lipinski definition) is 1. The molecule has 126 valence electrons. The monoisotopic (exact) mass is 326 g/mol. The second kappa shape index (κ2) is 7.01. The SMILES string of the molecule is COc1ccccc1[C@@H]1CN(Cc2cccc(C)n2)C[C@H]1C(=O)O. The number of benzene rings is 1. The Hall–Kier alpha value is -2.40. The summed E-state index contributed by atoms with van der Waals surface area (Å²) < 4.78 is 5.43. The zero-order valence-corrected chi connectivity index (χ0v) is 14.0. The van der Waals surface area contributed by atoms with E-state index in [1.165, 1.54) is 0 Å². The number of para-hydroxylation sites is 1. The van der Waals surface area contributed by atoms with Crippen LogP contribution in [0.3, 0.4) is 0 Å². The molecule has 5 nitrogen and oxygen atoms in total. The quantitative estimate of drug-likeness (QED) is 0.915. The molecule has 2 heterocycles. The van der Waals surface area contributed by atoms with Crippen LogP contribution in [-0.4, -0.2) is 41.2 Å². The molecule has 5 heteroatoms. The zero-order chi connectivity index (χ0) is 17.1. The van der Waals surface area contributed by atoms with Crippen LogP contribution in [0.5, 0.6) is 5.75 Å². The molecule has 0 saturated carbocycles. The predicted octanol–water partition coefficient (Wildman–Crippen LogP) is 2.70. The van der Waals surface area contributed by atoms with Gasteiger partial charge in [0.15, 0.2) is 0 Å². The van der Waals surface area contributed by atoms with Gasteiger partial charge in [-0.2, -0.15) is 0 Å². The number of hydrogen-bond acceptors (Lipinski definition) is 4. The van der Waals surface area contributed by atoms with Crippen molar-refractivity contribution in [2.24, 2.45) is 5.92 Å². The molecule has 1 N–H and O–H groups in total. The zero-order valence-electron chi connectivity index (χ0n) is 14.0. The number of aliphatic carboxylic acids is 1. The second-order valence-corrected chi connectivity index (χ2v) is 6.26. The van der Waals surface area contributed by atoms with Crippen LogP contribution in [0.4, 0.5) is 0 Å². The first-order chi connectivity index (χ1) is 11.6. The topological polar surface area (TPSA) is 62.7 Å². The van der Waals surface area contributed by atoms with Crippen molar-refractivity contribution in [3.05, 3.63) is 59.4 Å². The molecule has 24 heavy (non-hydrogen) atoms. The van der Waals surface area contributed by atoms with Crippen LogP contribution in [0.15, 0.2) is 42.5 Å². The van der Waals surface area contributed by atoms with Crippen molar-refractivity contribution >= 4 is 5.97 Å². The minimum atomic E-state index is -0.759. The van der Waals surface area contributed by atoms with Crippen LogP contribution < -0.4 is 4.74 Å². The Labute approximate surface area is 141 Å². The lowest BCUT2D eigenvalue weighted by molar-refractivity contribution is -0.141. The van der Waals surface area contributed by atoms with Crippen molar-refractivity contribution in [1.29, 1.82) is 0 Å². The van der Waals surface area contributed by atoms with Gasteiger partial charge < -0.3 is 9.84 Å². The van der Waals surface area contributed by atoms with Crippen LogP contribution in [-0.2, 0) is 11.3 Å². The van der Waals surface area contributed by atoms with Gasteiger partial charge in [0, 0.05) is 31.2 Å². The van der Waals surface area contributed by atoms with E-state index in [0.29, 0.717) is 19.6 Å². The molecule has 1 saturated heterocycles. The maximum Gasteiger partial charge on any atom is 0.308 e. The molecule has 1 aliphatic rings. The van der Waals surface area contributed by atoms with Crippen molar-refractivity contribution < 1.29 is 14.6 Å². The van der Waals surface area contributed by atoms with E-state index in [0.717, 1.165) is 22.7 Å². The highest BCUT2D eigenvalue weighted by molar-refractivity contribution is 5.72. The van der Waals surface area contributed by atoms with Crippen LogP contribution in [0.25, 0.3) is 0 Å². The predicted molar refractivity (Wildman–Crippen MR) is 91.1 cm³/mol. The number of likely N-dealkylation sites (tertiary alicyclic amines) is 1. The number of aryl methyl sites for hydroxylation is 1. The largest absolute Gasteiger partial charge is 0.496 e. The molecular weight excluding hydrogens is 304 g/mol. The van der Waals surface area contributed by atoms with E-state index in [1.807, 2.05) is 49.4 Å². The summed E-state index contributed by atoms with van der Waals surface area (Å²) in [7, 11) is 1.62. The van der Waals surface area contributed by atoms with Gasteiger partial charge in [0.05, 0.1) is 18.7 Å². The van der Waals surface area contributed by atoms with Gasteiger partial charge in [-0.15, -0.1) is 0 Å². The normalized spacial score (nSPS) is 20.9. The van der Waals surface area contributed by atoms with Crippen molar-refractivity contribution in [3.63, 3.8) is 0 Å². The molecule has 3 rings (SSSR count). The lowest BCUT2D eigenvalue weighted by atomic mass is 9.88. The van der Waals surface area contributed by atoms with Crippen molar-refractivity contribution in [1.82, 2.24) is 9.88 Å². The van der Waals surface area contributed by atoms with Crippen LogP contribution >= 0.6 is 0 Å². The third kappa shape index (κ3) is 3.41. The van der Waals surface area contributed by atoms with E-state index >= 15 is 0 Å². The van der Waals surface area contributed by atoms with Gasteiger partial charge in [0.2, 0.25) is 0 Å². The van der Waals surface area contributed by atoms with E-state index < -0.39 is 11.9 Å². The minimum Gasteiger partial charge on any atom is -0.496 e. The number of ether oxygens (including phenoxy) is 1. The smallest absolute Gasteiger partial charge is 0.308 e. The Balaban J connectivity index is 1.83. The van der Waals surface area contributed by atoms with E-state index in [9.17, 15) is 9.90 Å². The third-order valence-electron chi connectivity index (χ3n) is 4.58. The molecule has 2 atom stereocenters. The fraction of sp³-hybridized carbons (Fsp3) is 0.368. The molecule has 1 aliphatic heterocycles. The average Bonchev–Trinajstić information content (AvgIpc) is 2.98. The maximum atomic E-state index is 11.8. The molecule has 2 aromatic rings. The minimum absolute atomic E-state index is 0.0801. The molecule has 1 aromatic carbocycles. The highest BCUT2D eigenvalue weighted by Gasteiger charge is 2.39. The Bertz CT molecular complexity index is 732. The molecule has 0 bridgehead atoms. The molecule has 0 radical (unpaired) electrons. The molecule has 1 aromatic heterocycles. The first-order valence-electron chi connectivity index (χ1n) is 8.09. The number of aromatic nitrogens is 1. The second-order valence-electron chi connectivity index (χ2n) is 6.26. The van der Waals surface area contributed by atoms with Crippen molar-refractivity contribution in [3.8, 4) is 5.75 Å². The fourth-order valence-corrected chi connectivity index (χ4v) is 3.47. The summed E-state index contributed by atoms with van der Waals surface area (Å²) in [5, 5.41) is 9.65. The molecular formula is C19H22N2O3. The van der Waals surface area contributed by atoms with E-state index in [1.54, 1.807) is 7.11 Å². The summed E-state index contributed by atoms with van der Waals surface area (Å²) in [6.45, 7) is 3.84. The van der Waals surface area contributed by atoms with Crippen LogP contribution in [0.1, 0.15) is 22.9 Å². The molecule has 1 fully saturated rings. The fourth-order valence-electron chi connectivity index (χ4n) is 3.47. The number of nitrogens with zero attached hydrogens (tertiary/aromatic N) is 2. The van der Waals surface area contributed by atoms with Gasteiger partial charge >= 0.3 is 5.97 Å². The third-order valence-corrected chi connectivity index (χ3v) is 4.58. The highest BCUT2D eigenvalue weighted by Crippen LogP contribution is 2.38. The molecule has 0 unspecified atom stereocenters. The molecule has 0 aliphatic carbocycles. The lowest BCUT2D eigenvalue weighted by Crippen LogP contribution is -2.23. The van der Waals surface area contributed by atoms with Gasteiger partial charge in [-0.05, 0) is 30.7 Å². The van der Waals surface area contributed by atoms with Gasteiger partial charge in [0.25, 0.3) is 0 Å². The average molecular weight is 326 g/mol. The van der Waals surface area contributed by atoms with Gasteiger partial charge in [-0.1, -0.05) is 24.3 Å². The summed E-state index contributed by atoms with van der Waals surface area (Å²) in [6.07, 6.45) is 0. The Morgan fingerprint density at radius 3 is 2.75 bits per heavy atom. The number of methoxy groups -OCH3 is 1. The van der Waals surface area contributed by atoms with E-state index in [-0.39, 0.29) is 5.92 Å². The first-order valence-corrected chi connectivity index (χ1v) is 8.09. The standard InChI is InChI=1S/C19H22N2O3/c1-13-6-5-7-14(20-13)10-21-11-16(17(12-21)19(22)23)15-8-3-4-9-18(15)24-2/h3-9,16-17H,10-12H2,1-2H3,(H,22,23)/t16-,17+/m0/s1. The number of carboxylic acid groups (broad SMARTS) is 1. The van der Waals surface area contributed by atoms with E-state index in [2.05, 4.69) is 9.88 Å². The molecule has 0 spiro atoms. The van der Waals surface area contributed by atoms with Gasteiger partial charge in [-0.3, -0.25) is 14.7 Å². The number of pyridine rings is 1. The first kappa shape index (κ1) is 16.5. The number of carbonyl (C=O) groups is 1. The Kier molecular flexibility index (Phi) is 4.81. The summed E-state index contributed by atoms with van der Waals surface area (Å²) >= 11 is 0.